The minimum Gasteiger partial charge on any atom is -0.508 e. The Labute approximate surface area is 167 Å². The highest BCUT2D eigenvalue weighted by Gasteiger charge is 2.20. The van der Waals surface area contributed by atoms with Crippen LogP contribution in [-0.2, 0) is 10.0 Å². The molecule has 0 saturated carbocycles. The number of ketones is 1. The molecular formula is C21H17NO6S. The van der Waals surface area contributed by atoms with Crippen LogP contribution >= 0.6 is 0 Å². The molecule has 29 heavy (non-hydrogen) atoms. The maximum absolute atomic E-state index is 12.6. The minimum absolute atomic E-state index is 0.104. The smallest absolute Gasteiger partial charge is 0.262 e. The van der Waals surface area contributed by atoms with Gasteiger partial charge in [-0.3, -0.25) is 9.52 Å². The molecule has 0 spiro atoms. The van der Waals surface area contributed by atoms with Crippen LogP contribution in [0.4, 0.5) is 5.69 Å². The Hall–Kier alpha value is -3.78. The zero-order chi connectivity index (χ0) is 21.0. The quantitative estimate of drug-likeness (QED) is 0.280. The number of sulfonamides is 1. The van der Waals surface area contributed by atoms with Gasteiger partial charge in [0.15, 0.2) is 17.3 Å². The van der Waals surface area contributed by atoms with Gasteiger partial charge in [-0.25, -0.2) is 8.42 Å². The van der Waals surface area contributed by atoms with Crippen molar-refractivity contribution in [3.63, 3.8) is 0 Å². The topological polar surface area (TPSA) is 124 Å². The molecule has 0 fully saturated rings. The first-order valence-corrected chi connectivity index (χ1v) is 9.90. The highest BCUT2D eigenvalue weighted by atomic mass is 32.2. The van der Waals surface area contributed by atoms with Gasteiger partial charge in [-0.15, -0.1) is 0 Å². The predicted octanol–water partition coefficient (Wildman–Crippen LogP) is 3.50. The van der Waals surface area contributed by atoms with Crippen molar-refractivity contribution < 1.29 is 28.5 Å². The number of carbonyl (C=O) groups is 1. The number of carbonyl (C=O) groups excluding carboxylic acids is 1. The summed E-state index contributed by atoms with van der Waals surface area (Å²) >= 11 is 0. The number of aromatic hydroxyl groups is 3. The van der Waals surface area contributed by atoms with Gasteiger partial charge < -0.3 is 15.3 Å². The third-order valence-electron chi connectivity index (χ3n) is 4.04. The lowest BCUT2D eigenvalue weighted by Crippen LogP contribution is -2.13. The SMILES string of the molecule is O=C(C=Cc1ccc(O)c(O)c1NS(=O)(=O)c1ccc(O)cc1)c1ccccc1. The minimum atomic E-state index is -4.13. The van der Waals surface area contributed by atoms with Crippen molar-refractivity contribution in [3.05, 3.63) is 83.9 Å². The molecule has 0 atom stereocenters. The number of anilines is 1. The molecule has 0 unspecified atom stereocenters. The van der Waals surface area contributed by atoms with E-state index in [1.807, 2.05) is 0 Å². The molecule has 4 N–H and O–H groups in total. The molecule has 0 radical (unpaired) electrons. The van der Waals surface area contributed by atoms with Crippen molar-refractivity contribution in [3.8, 4) is 17.2 Å². The molecule has 0 saturated heterocycles. The molecule has 148 valence electrons. The molecule has 0 aromatic heterocycles. The van der Waals surface area contributed by atoms with Crippen LogP contribution in [0, 0.1) is 0 Å². The summed E-state index contributed by atoms with van der Waals surface area (Å²) in [5.41, 5.74) is 0.333. The normalized spacial score (nSPS) is 11.4. The van der Waals surface area contributed by atoms with Gasteiger partial charge in [0.1, 0.15) is 11.4 Å². The lowest BCUT2D eigenvalue weighted by molar-refractivity contribution is 0.104. The van der Waals surface area contributed by atoms with Gasteiger partial charge in [-0.2, -0.15) is 0 Å². The number of allylic oxidation sites excluding steroid dienone is 1. The number of benzene rings is 3. The van der Waals surface area contributed by atoms with E-state index in [0.717, 1.165) is 0 Å². The number of rotatable bonds is 6. The van der Waals surface area contributed by atoms with Crippen LogP contribution in [0.15, 0.2) is 77.7 Å². The Morgan fingerprint density at radius 3 is 2.17 bits per heavy atom. The van der Waals surface area contributed by atoms with E-state index in [1.165, 1.54) is 48.6 Å². The van der Waals surface area contributed by atoms with E-state index < -0.39 is 21.5 Å². The van der Waals surface area contributed by atoms with E-state index in [9.17, 15) is 28.5 Å². The van der Waals surface area contributed by atoms with Crippen molar-refractivity contribution in [1.29, 1.82) is 0 Å². The predicted molar refractivity (Wildman–Crippen MR) is 108 cm³/mol. The molecule has 7 nitrogen and oxygen atoms in total. The number of hydrogen-bond acceptors (Lipinski definition) is 6. The summed E-state index contributed by atoms with van der Waals surface area (Å²) in [7, 11) is -4.13. The van der Waals surface area contributed by atoms with Crippen LogP contribution in [0.25, 0.3) is 6.08 Å². The number of hydrogen-bond donors (Lipinski definition) is 4. The van der Waals surface area contributed by atoms with Gasteiger partial charge in [0, 0.05) is 11.1 Å². The number of phenols is 3. The van der Waals surface area contributed by atoms with Crippen molar-refractivity contribution >= 4 is 27.6 Å². The Balaban J connectivity index is 1.96. The van der Waals surface area contributed by atoms with Gasteiger partial charge in [-0.1, -0.05) is 30.3 Å². The lowest BCUT2D eigenvalue weighted by atomic mass is 10.1. The van der Waals surface area contributed by atoms with Crippen LogP contribution in [0.1, 0.15) is 15.9 Å². The number of phenolic OH excluding ortho intramolecular Hbond substituents is 3. The third-order valence-corrected chi connectivity index (χ3v) is 5.41. The van der Waals surface area contributed by atoms with Gasteiger partial charge in [0.2, 0.25) is 0 Å². The summed E-state index contributed by atoms with van der Waals surface area (Å²) in [5.74, 6) is -1.63. The molecule has 0 bridgehead atoms. The van der Waals surface area contributed by atoms with Crippen molar-refractivity contribution in [2.45, 2.75) is 4.90 Å². The van der Waals surface area contributed by atoms with Gasteiger partial charge >= 0.3 is 0 Å². The highest BCUT2D eigenvalue weighted by Crippen LogP contribution is 2.38. The van der Waals surface area contributed by atoms with Crippen molar-refractivity contribution in [2.75, 3.05) is 4.72 Å². The molecule has 0 aliphatic heterocycles. The Kier molecular flexibility index (Phi) is 5.56. The summed E-state index contributed by atoms with van der Waals surface area (Å²) in [6.07, 6.45) is 2.57. The second-order valence-corrected chi connectivity index (χ2v) is 7.74. The first-order valence-electron chi connectivity index (χ1n) is 8.42. The molecular weight excluding hydrogens is 394 g/mol. The average Bonchev–Trinajstić information content (AvgIpc) is 2.71. The molecule has 8 heteroatoms. The summed E-state index contributed by atoms with van der Waals surface area (Å²) < 4.78 is 27.4. The summed E-state index contributed by atoms with van der Waals surface area (Å²) in [4.78, 5) is 12.1. The monoisotopic (exact) mass is 411 g/mol. The maximum atomic E-state index is 12.6. The molecule has 0 aliphatic rings. The highest BCUT2D eigenvalue weighted by molar-refractivity contribution is 7.92. The Bertz CT molecular complexity index is 1170. The first-order chi connectivity index (χ1) is 13.8. The van der Waals surface area contributed by atoms with Crippen LogP contribution in [0.2, 0.25) is 0 Å². The second-order valence-electron chi connectivity index (χ2n) is 6.06. The maximum Gasteiger partial charge on any atom is 0.262 e. The lowest BCUT2D eigenvalue weighted by Gasteiger charge is -2.13. The molecule has 0 heterocycles. The van der Waals surface area contributed by atoms with Gasteiger partial charge in [0.05, 0.1) is 4.90 Å². The van der Waals surface area contributed by atoms with Crippen LogP contribution < -0.4 is 4.72 Å². The van der Waals surface area contributed by atoms with E-state index in [0.29, 0.717) is 5.56 Å². The van der Waals surface area contributed by atoms with E-state index in [2.05, 4.69) is 4.72 Å². The van der Waals surface area contributed by atoms with Gasteiger partial charge in [0.25, 0.3) is 10.0 Å². The fourth-order valence-corrected chi connectivity index (χ4v) is 3.62. The number of nitrogens with one attached hydrogen (secondary N) is 1. The Morgan fingerprint density at radius 2 is 1.52 bits per heavy atom. The summed E-state index contributed by atoms with van der Waals surface area (Å²) in [5, 5.41) is 29.3. The zero-order valence-corrected chi connectivity index (χ0v) is 15.8. The van der Waals surface area contributed by atoms with Crippen molar-refractivity contribution in [1.82, 2.24) is 0 Å². The van der Waals surface area contributed by atoms with E-state index in [1.54, 1.807) is 30.3 Å². The molecule has 3 rings (SSSR count). The van der Waals surface area contributed by atoms with Crippen LogP contribution in [0.5, 0.6) is 17.2 Å². The van der Waals surface area contributed by atoms with E-state index in [-0.39, 0.29) is 27.7 Å². The molecule has 3 aromatic carbocycles. The zero-order valence-electron chi connectivity index (χ0n) is 15.0. The summed E-state index contributed by atoms with van der Waals surface area (Å²) in [6, 6.07) is 15.8. The standard InChI is InChI=1S/C21H17NO6S/c23-16-8-10-17(11-9-16)29(27,28)22-20-15(7-13-19(25)21(20)26)6-12-18(24)14-4-2-1-3-5-14/h1-13,22-23,25-26H. The van der Waals surface area contributed by atoms with E-state index >= 15 is 0 Å². The van der Waals surface area contributed by atoms with Gasteiger partial charge in [-0.05, 0) is 48.6 Å². The second kappa shape index (κ2) is 8.07. The van der Waals surface area contributed by atoms with Crippen molar-refractivity contribution in [2.24, 2.45) is 0 Å². The Morgan fingerprint density at radius 1 is 0.862 bits per heavy atom. The molecule has 0 aliphatic carbocycles. The largest absolute Gasteiger partial charge is 0.508 e. The molecule has 0 amide bonds. The third kappa shape index (κ3) is 4.56. The van der Waals surface area contributed by atoms with Crippen LogP contribution in [0.3, 0.4) is 0 Å². The molecule has 3 aromatic rings. The van der Waals surface area contributed by atoms with Crippen LogP contribution in [-0.4, -0.2) is 29.5 Å². The average molecular weight is 411 g/mol. The fraction of sp³-hybridized carbons (Fsp3) is 0. The summed E-state index contributed by atoms with van der Waals surface area (Å²) in [6.45, 7) is 0. The fourth-order valence-electron chi connectivity index (χ4n) is 2.52. The van der Waals surface area contributed by atoms with E-state index in [4.69, 9.17) is 0 Å². The first kappa shape index (κ1) is 20.0.